The maximum Gasteiger partial charge on any atom is 0.254 e. The Balaban J connectivity index is 1.47. The first-order chi connectivity index (χ1) is 13.7. The molecule has 2 N–H and O–H groups in total. The molecule has 3 heterocycles. The second-order valence-corrected chi connectivity index (χ2v) is 6.80. The lowest BCUT2D eigenvalue weighted by Crippen LogP contribution is -2.49. The van der Waals surface area contributed by atoms with E-state index in [4.69, 9.17) is 4.74 Å². The molecule has 1 aliphatic rings. The van der Waals surface area contributed by atoms with Gasteiger partial charge in [0.15, 0.2) is 0 Å². The first kappa shape index (κ1) is 18.2. The Morgan fingerprint density at radius 2 is 2.14 bits per heavy atom. The number of piperidine rings is 1. The fourth-order valence-corrected chi connectivity index (χ4v) is 3.51. The molecule has 0 unspecified atom stereocenters. The van der Waals surface area contributed by atoms with Gasteiger partial charge in [-0.25, -0.2) is 4.98 Å². The lowest BCUT2D eigenvalue weighted by atomic mass is 10.0. The molecule has 0 saturated carbocycles. The van der Waals surface area contributed by atoms with Crippen LogP contribution in [0.15, 0.2) is 55.0 Å². The average molecular weight is 378 g/mol. The highest BCUT2D eigenvalue weighted by atomic mass is 16.5. The summed E-state index contributed by atoms with van der Waals surface area (Å²) in [5, 5.41) is 15.4. The monoisotopic (exact) mass is 378 g/mol. The summed E-state index contributed by atoms with van der Waals surface area (Å²) < 4.78 is 6.05. The number of carbonyl (C=O) groups is 1. The van der Waals surface area contributed by atoms with Gasteiger partial charge in [-0.1, -0.05) is 6.07 Å². The number of pyridine rings is 2. The molecule has 1 aromatic carbocycles. The van der Waals surface area contributed by atoms with E-state index in [1.54, 1.807) is 37.8 Å². The highest BCUT2D eigenvalue weighted by molar-refractivity contribution is 5.98. The minimum Gasteiger partial charge on any atom is -0.488 e. The Hall–Kier alpha value is -3.19. The highest BCUT2D eigenvalue weighted by Crippen LogP contribution is 2.26. The molecule has 7 nitrogen and oxygen atoms in total. The zero-order chi connectivity index (χ0) is 19.5. The van der Waals surface area contributed by atoms with Crippen molar-refractivity contribution >= 4 is 22.5 Å². The molecule has 0 aliphatic carbocycles. The topological polar surface area (TPSA) is 87.6 Å². The highest BCUT2D eigenvalue weighted by Gasteiger charge is 2.31. The van der Waals surface area contributed by atoms with E-state index in [2.05, 4.69) is 15.3 Å². The number of hydrogen-bond donors (Lipinski definition) is 2. The number of hydrogen-bond acceptors (Lipinski definition) is 6. The van der Waals surface area contributed by atoms with Crippen LogP contribution in [0.1, 0.15) is 16.8 Å². The molecular weight excluding hydrogens is 356 g/mol. The summed E-state index contributed by atoms with van der Waals surface area (Å²) in [5.74, 6) is 1.10. The van der Waals surface area contributed by atoms with Crippen LogP contribution in [0, 0.1) is 0 Å². The summed E-state index contributed by atoms with van der Waals surface area (Å²) in [5.41, 5.74) is 0.499. The van der Waals surface area contributed by atoms with Crippen LogP contribution in [0.4, 0.5) is 5.82 Å². The van der Waals surface area contributed by atoms with Crippen molar-refractivity contribution in [3.63, 3.8) is 0 Å². The zero-order valence-corrected chi connectivity index (χ0v) is 15.6. The van der Waals surface area contributed by atoms with Gasteiger partial charge in [0.1, 0.15) is 23.8 Å². The first-order valence-corrected chi connectivity index (χ1v) is 9.26. The molecule has 2 atom stereocenters. The number of amides is 1. The number of carbonyl (C=O) groups excluding carboxylic acids is 1. The summed E-state index contributed by atoms with van der Waals surface area (Å²) in [4.78, 5) is 22.5. The number of benzene rings is 1. The van der Waals surface area contributed by atoms with E-state index in [-0.39, 0.29) is 12.0 Å². The minimum atomic E-state index is -0.696. The van der Waals surface area contributed by atoms with Crippen LogP contribution in [0.2, 0.25) is 0 Å². The smallest absolute Gasteiger partial charge is 0.254 e. The quantitative estimate of drug-likeness (QED) is 0.722. The number of β-amino-alcohol motifs (C(OH)–C–C–N with tert-alkyl or cyclic N) is 1. The van der Waals surface area contributed by atoms with E-state index in [0.717, 1.165) is 10.8 Å². The number of aromatic nitrogens is 2. The first-order valence-electron chi connectivity index (χ1n) is 9.26. The van der Waals surface area contributed by atoms with Crippen LogP contribution < -0.4 is 15.0 Å². The second-order valence-electron chi connectivity index (χ2n) is 6.80. The number of nitrogens with one attached hydrogen (secondary N) is 1. The summed E-state index contributed by atoms with van der Waals surface area (Å²) in [7, 11) is 1.59. The van der Waals surface area contributed by atoms with Crippen LogP contribution in [0.3, 0.4) is 0 Å². The van der Waals surface area contributed by atoms with Crippen LogP contribution >= 0.6 is 0 Å². The third kappa shape index (κ3) is 3.61. The lowest BCUT2D eigenvalue weighted by Gasteiger charge is -2.37. The predicted molar refractivity (Wildman–Crippen MR) is 107 cm³/mol. The van der Waals surface area contributed by atoms with Gasteiger partial charge in [-0.05, 0) is 35.7 Å². The molecule has 1 fully saturated rings. The number of rotatable bonds is 4. The number of aliphatic hydroxyl groups excluding tert-OH is 1. The van der Waals surface area contributed by atoms with Gasteiger partial charge >= 0.3 is 0 Å². The van der Waals surface area contributed by atoms with Gasteiger partial charge in [-0.15, -0.1) is 0 Å². The van der Waals surface area contributed by atoms with E-state index in [1.807, 2.05) is 29.2 Å². The Morgan fingerprint density at radius 1 is 1.25 bits per heavy atom. The van der Waals surface area contributed by atoms with E-state index in [9.17, 15) is 9.90 Å². The molecule has 0 radical (unpaired) electrons. The SMILES string of the molecule is CNC(=O)c1cccnc1N1CC[C@@H](Oc2ccc3ccncc3c2)[C@H](O)C1. The van der Waals surface area contributed by atoms with Crippen molar-refractivity contribution in [2.75, 3.05) is 25.0 Å². The normalized spacial score (nSPS) is 19.4. The molecular formula is C21H22N4O3. The molecule has 1 aliphatic heterocycles. The van der Waals surface area contributed by atoms with Gasteiger partial charge in [-0.2, -0.15) is 0 Å². The zero-order valence-electron chi connectivity index (χ0n) is 15.6. The number of fused-ring (bicyclic) bond motifs is 1. The molecule has 2 aromatic heterocycles. The average Bonchev–Trinajstić information content (AvgIpc) is 2.74. The Morgan fingerprint density at radius 3 is 2.96 bits per heavy atom. The minimum absolute atomic E-state index is 0.194. The van der Waals surface area contributed by atoms with Crippen LogP contribution in [0.5, 0.6) is 5.75 Å². The van der Waals surface area contributed by atoms with E-state index in [0.29, 0.717) is 36.6 Å². The van der Waals surface area contributed by atoms with Gasteiger partial charge in [0.2, 0.25) is 0 Å². The van der Waals surface area contributed by atoms with Crippen molar-refractivity contribution in [1.29, 1.82) is 0 Å². The van der Waals surface area contributed by atoms with E-state index in [1.165, 1.54) is 0 Å². The standard InChI is InChI=1S/C21H22N4O3/c1-22-21(27)17-3-2-8-24-20(17)25-10-7-19(18(26)13-25)28-16-5-4-14-6-9-23-12-15(14)11-16/h2-6,8-9,11-12,18-19,26H,7,10,13H2,1H3,(H,22,27)/t18-,19-/m1/s1. The maximum absolute atomic E-state index is 12.1. The van der Waals surface area contributed by atoms with Crippen molar-refractivity contribution in [2.45, 2.75) is 18.6 Å². The maximum atomic E-state index is 12.1. The van der Waals surface area contributed by atoms with E-state index >= 15 is 0 Å². The number of nitrogens with zero attached hydrogens (tertiary/aromatic N) is 3. The van der Waals surface area contributed by atoms with Crippen molar-refractivity contribution in [1.82, 2.24) is 15.3 Å². The van der Waals surface area contributed by atoms with Crippen molar-refractivity contribution in [3.05, 3.63) is 60.6 Å². The molecule has 1 amide bonds. The molecule has 7 heteroatoms. The summed E-state index contributed by atoms with van der Waals surface area (Å²) in [6.45, 7) is 0.985. The molecule has 0 spiro atoms. The molecule has 4 rings (SSSR count). The molecule has 144 valence electrons. The predicted octanol–water partition coefficient (Wildman–Crippen LogP) is 2.01. The molecule has 1 saturated heterocycles. The number of aliphatic hydroxyl groups is 1. The van der Waals surface area contributed by atoms with Gasteiger partial charge < -0.3 is 20.1 Å². The lowest BCUT2D eigenvalue weighted by molar-refractivity contribution is 0.0241. The Labute approximate surface area is 163 Å². The van der Waals surface area contributed by atoms with Crippen LogP contribution in [-0.4, -0.2) is 53.3 Å². The summed E-state index contributed by atoms with van der Waals surface area (Å²) in [6, 6.07) is 11.2. The van der Waals surface area contributed by atoms with Crippen molar-refractivity contribution < 1.29 is 14.6 Å². The third-order valence-corrected chi connectivity index (χ3v) is 4.98. The molecule has 0 bridgehead atoms. The summed E-state index contributed by atoms with van der Waals surface area (Å²) in [6.07, 6.45) is 4.81. The van der Waals surface area contributed by atoms with Gasteiger partial charge in [-0.3, -0.25) is 9.78 Å². The van der Waals surface area contributed by atoms with Crippen LogP contribution in [-0.2, 0) is 0 Å². The van der Waals surface area contributed by atoms with Crippen LogP contribution in [0.25, 0.3) is 10.8 Å². The fourth-order valence-electron chi connectivity index (χ4n) is 3.51. The summed E-state index contributed by atoms with van der Waals surface area (Å²) >= 11 is 0. The number of anilines is 1. The van der Waals surface area contributed by atoms with Gasteiger partial charge in [0, 0.05) is 50.5 Å². The van der Waals surface area contributed by atoms with E-state index < -0.39 is 6.10 Å². The van der Waals surface area contributed by atoms with Crippen molar-refractivity contribution in [3.8, 4) is 5.75 Å². The largest absolute Gasteiger partial charge is 0.488 e. The van der Waals surface area contributed by atoms with Crippen molar-refractivity contribution in [2.24, 2.45) is 0 Å². The second kappa shape index (κ2) is 7.82. The van der Waals surface area contributed by atoms with Gasteiger partial charge in [0.25, 0.3) is 5.91 Å². The molecule has 3 aromatic rings. The van der Waals surface area contributed by atoms with Gasteiger partial charge in [0.05, 0.1) is 5.56 Å². The Kier molecular flexibility index (Phi) is 5.08. The number of ether oxygens (including phenoxy) is 1. The molecule has 28 heavy (non-hydrogen) atoms. The fraction of sp³-hybridized carbons (Fsp3) is 0.286. The third-order valence-electron chi connectivity index (χ3n) is 4.98. The Bertz CT molecular complexity index is 994.